The number of likely N-dealkylation sites (N-methyl/N-ethyl adjacent to an activating group) is 1. The van der Waals surface area contributed by atoms with E-state index in [9.17, 15) is 5.11 Å². The number of halogens is 1. The molecule has 0 bridgehead atoms. The van der Waals surface area contributed by atoms with Crippen molar-refractivity contribution in [2.45, 2.75) is 18.7 Å². The van der Waals surface area contributed by atoms with Crippen molar-refractivity contribution in [2.24, 2.45) is 0 Å². The Balaban J connectivity index is 2.23. The molecule has 2 rings (SSSR count). The maximum atomic E-state index is 9.51. The van der Waals surface area contributed by atoms with Gasteiger partial charge in [-0.25, -0.2) is 0 Å². The quantitative estimate of drug-likeness (QED) is 0.538. The van der Waals surface area contributed by atoms with Crippen molar-refractivity contribution in [1.29, 1.82) is 0 Å². The molecule has 3 nitrogen and oxygen atoms in total. The van der Waals surface area contributed by atoms with Crippen molar-refractivity contribution in [3.63, 3.8) is 0 Å². The molecule has 0 saturated carbocycles. The van der Waals surface area contributed by atoms with Crippen LogP contribution in [0.4, 0.5) is 0 Å². The molecule has 11 heavy (non-hydrogen) atoms. The maximum Gasteiger partial charge on any atom is 0.128 e. The summed E-state index contributed by atoms with van der Waals surface area (Å²) in [6.45, 7) is 0.867. The van der Waals surface area contributed by atoms with Gasteiger partial charge in [-0.1, -0.05) is 11.6 Å². The lowest BCUT2D eigenvalue weighted by molar-refractivity contribution is 0.0748. The molecule has 0 aliphatic carbocycles. The first-order chi connectivity index (χ1) is 5.20. The van der Waals surface area contributed by atoms with Crippen molar-refractivity contribution in [1.82, 2.24) is 9.80 Å². The summed E-state index contributed by atoms with van der Waals surface area (Å²) >= 11 is 5.91. The van der Waals surface area contributed by atoms with Gasteiger partial charge in [-0.15, -0.1) is 0 Å². The molecule has 1 N–H and O–H groups in total. The number of hydrogen-bond donors (Lipinski definition) is 1. The Morgan fingerprint density at radius 3 is 3.09 bits per heavy atom. The lowest BCUT2D eigenvalue weighted by Gasteiger charge is -2.25. The molecule has 0 radical (unpaired) electrons. The van der Waals surface area contributed by atoms with Crippen molar-refractivity contribution in [3.05, 3.63) is 11.4 Å². The molecule has 0 aromatic carbocycles. The summed E-state index contributed by atoms with van der Waals surface area (Å²) in [7, 11) is 1.93. The minimum Gasteiger partial charge on any atom is -0.389 e. The number of nitrogens with zero attached hydrogens (tertiary/aromatic N) is 2. The van der Waals surface area contributed by atoms with Crippen molar-refractivity contribution < 1.29 is 5.11 Å². The van der Waals surface area contributed by atoms with E-state index in [2.05, 4.69) is 0 Å². The summed E-state index contributed by atoms with van der Waals surface area (Å²) in [4.78, 5) is 3.98. The van der Waals surface area contributed by atoms with Gasteiger partial charge >= 0.3 is 0 Å². The molecule has 1 fully saturated rings. The van der Waals surface area contributed by atoms with Crippen LogP contribution in [-0.2, 0) is 0 Å². The summed E-state index contributed by atoms with van der Waals surface area (Å²) in [6.07, 6.45) is 2.50. The summed E-state index contributed by atoms with van der Waals surface area (Å²) in [5, 5.41) is 10.3. The fourth-order valence-corrected chi connectivity index (χ4v) is 2.14. The van der Waals surface area contributed by atoms with Gasteiger partial charge in [0.15, 0.2) is 0 Å². The summed E-state index contributed by atoms with van der Waals surface area (Å²) < 4.78 is 0. The molecule has 4 heteroatoms. The molecule has 2 heterocycles. The van der Waals surface area contributed by atoms with E-state index < -0.39 is 0 Å². The molecule has 1 saturated heterocycles. The molecular formula is C7H11ClN2O. The predicted molar refractivity (Wildman–Crippen MR) is 42.8 cm³/mol. The van der Waals surface area contributed by atoms with E-state index >= 15 is 0 Å². The third-order valence-corrected chi connectivity index (χ3v) is 2.65. The van der Waals surface area contributed by atoms with Gasteiger partial charge in [0.2, 0.25) is 0 Å². The van der Waals surface area contributed by atoms with Gasteiger partial charge < -0.3 is 14.9 Å². The Morgan fingerprint density at radius 2 is 2.45 bits per heavy atom. The SMILES string of the molecule is CN1C=C(Cl)N2CCC(O)[C@@H]12. The molecule has 2 aliphatic heterocycles. The smallest absolute Gasteiger partial charge is 0.128 e. The Bertz CT molecular complexity index is 207. The molecule has 0 aromatic heterocycles. The molecule has 0 spiro atoms. The first-order valence-corrected chi connectivity index (χ1v) is 4.12. The molecular weight excluding hydrogens is 164 g/mol. The minimum absolute atomic E-state index is 0.0856. The maximum absolute atomic E-state index is 9.51. The molecule has 0 amide bonds. The Hall–Kier alpha value is -0.410. The van der Waals surface area contributed by atoms with E-state index in [1.807, 2.05) is 23.0 Å². The van der Waals surface area contributed by atoms with Gasteiger partial charge in [0.1, 0.15) is 11.3 Å². The van der Waals surface area contributed by atoms with Gasteiger partial charge in [-0.2, -0.15) is 0 Å². The third kappa shape index (κ3) is 0.914. The largest absolute Gasteiger partial charge is 0.389 e. The van der Waals surface area contributed by atoms with Crippen LogP contribution in [0.5, 0.6) is 0 Å². The minimum atomic E-state index is -0.257. The van der Waals surface area contributed by atoms with Gasteiger partial charge in [0.25, 0.3) is 0 Å². The number of rotatable bonds is 0. The lowest BCUT2D eigenvalue weighted by Crippen LogP contribution is -2.39. The van der Waals surface area contributed by atoms with E-state index in [4.69, 9.17) is 11.6 Å². The molecule has 62 valence electrons. The van der Waals surface area contributed by atoms with Crippen LogP contribution in [0.15, 0.2) is 11.4 Å². The number of fused-ring (bicyclic) bond motifs is 1. The highest BCUT2D eigenvalue weighted by molar-refractivity contribution is 6.29. The number of aliphatic hydroxyl groups is 1. The van der Waals surface area contributed by atoms with E-state index in [-0.39, 0.29) is 12.3 Å². The van der Waals surface area contributed by atoms with Gasteiger partial charge in [-0.3, -0.25) is 0 Å². The van der Waals surface area contributed by atoms with E-state index in [1.54, 1.807) is 0 Å². The zero-order valence-corrected chi connectivity index (χ0v) is 7.12. The van der Waals surface area contributed by atoms with Crippen LogP contribution in [0.25, 0.3) is 0 Å². The fraction of sp³-hybridized carbons (Fsp3) is 0.714. The van der Waals surface area contributed by atoms with E-state index in [1.165, 1.54) is 0 Å². The molecule has 0 aromatic rings. The highest BCUT2D eigenvalue weighted by Crippen LogP contribution is 2.32. The van der Waals surface area contributed by atoms with Crippen molar-refractivity contribution >= 4 is 11.6 Å². The zero-order chi connectivity index (χ0) is 8.01. The number of aliphatic hydroxyl groups excluding tert-OH is 1. The van der Waals surface area contributed by atoms with E-state index in [0.29, 0.717) is 0 Å². The highest BCUT2D eigenvalue weighted by atomic mass is 35.5. The standard InChI is InChI=1S/C7H11ClN2O/c1-9-4-6(8)10-3-2-5(11)7(9)10/h4-5,7,11H,2-3H2,1H3/t5?,7-/m0/s1. The average Bonchev–Trinajstić information content (AvgIpc) is 2.41. The van der Waals surface area contributed by atoms with Crippen molar-refractivity contribution in [3.8, 4) is 0 Å². The van der Waals surface area contributed by atoms with Gasteiger partial charge in [0, 0.05) is 19.8 Å². The predicted octanol–water partition coefficient (Wildman–Crippen LogP) is 0.362. The first-order valence-electron chi connectivity index (χ1n) is 3.74. The van der Waals surface area contributed by atoms with Crippen LogP contribution < -0.4 is 0 Å². The van der Waals surface area contributed by atoms with Crippen LogP contribution in [0, 0.1) is 0 Å². The molecule has 2 atom stereocenters. The lowest BCUT2D eigenvalue weighted by atomic mass is 10.2. The van der Waals surface area contributed by atoms with Crippen LogP contribution in [-0.4, -0.2) is 40.8 Å². The Kier molecular flexibility index (Phi) is 1.51. The molecule has 1 unspecified atom stereocenters. The van der Waals surface area contributed by atoms with Crippen LogP contribution in [0.2, 0.25) is 0 Å². The van der Waals surface area contributed by atoms with Crippen LogP contribution in [0.1, 0.15) is 6.42 Å². The fourth-order valence-electron chi connectivity index (χ4n) is 1.80. The normalized spacial score (nSPS) is 36.1. The highest BCUT2D eigenvalue weighted by Gasteiger charge is 2.39. The molecule has 2 aliphatic rings. The van der Waals surface area contributed by atoms with E-state index in [0.717, 1.165) is 18.1 Å². The Morgan fingerprint density at radius 1 is 1.73 bits per heavy atom. The summed E-state index contributed by atoms with van der Waals surface area (Å²) in [6, 6.07) is 0. The topological polar surface area (TPSA) is 26.7 Å². The summed E-state index contributed by atoms with van der Waals surface area (Å²) in [5.41, 5.74) is 0. The second-order valence-corrected chi connectivity index (χ2v) is 3.47. The average molecular weight is 175 g/mol. The Labute approximate surface area is 70.8 Å². The first kappa shape index (κ1) is 7.25. The summed E-state index contributed by atoms with van der Waals surface area (Å²) in [5.74, 6) is 0. The number of hydrogen-bond acceptors (Lipinski definition) is 3. The van der Waals surface area contributed by atoms with Crippen LogP contribution in [0.3, 0.4) is 0 Å². The van der Waals surface area contributed by atoms with Gasteiger partial charge in [0.05, 0.1) is 6.10 Å². The third-order valence-electron chi connectivity index (χ3n) is 2.33. The second-order valence-electron chi connectivity index (χ2n) is 3.08. The monoisotopic (exact) mass is 174 g/mol. The van der Waals surface area contributed by atoms with Crippen LogP contribution >= 0.6 is 11.6 Å². The van der Waals surface area contributed by atoms with Crippen molar-refractivity contribution in [2.75, 3.05) is 13.6 Å². The second kappa shape index (κ2) is 2.29. The zero-order valence-electron chi connectivity index (χ0n) is 6.37. The van der Waals surface area contributed by atoms with Gasteiger partial charge in [-0.05, 0) is 6.42 Å².